The summed E-state index contributed by atoms with van der Waals surface area (Å²) in [5.41, 5.74) is 2.34. The Morgan fingerprint density at radius 1 is 1.23 bits per heavy atom. The molecule has 134 valence electrons. The van der Waals surface area contributed by atoms with E-state index in [1.807, 2.05) is 32.0 Å². The van der Waals surface area contributed by atoms with Gasteiger partial charge in [0.25, 0.3) is 5.91 Å². The number of carbonyl (C=O) groups is 1. The average Bonchev–Trinajstić information content (AvgIpc) is 3.04. The first-order valence-corrected chi connectivity index (χ1v) is 8.53. The second-order valence-corrected chi connectivity index (χ2v) is 6.42. The molecule has 0 aliphatic heterocycles. The van der Waals surface area contributed by atoms with Crippen molar-refractivity contribution < 1.29 is 9.53 Å². The van der Waals surface area contributed by atoms with Gasteiger partial charge in [-0.15, -0.1) is 0 Å². The van der Waals surface area contributed by atoms with Gasteiger partial charge in [0.15, 0.2) is 11.9 Å². The fourth-order valence-corrected chi connectivity index (χ4v) is 2.67. The minimum absolute atomic E-state index is 0.248. The topological polar surface area (TPSA) is 79.9 Å². The largest absolute Gasteiger partial charge is 0.481 e. The third-order valence-electron chi connectivity index (χ3n) is 3.80. The highest BCUT2D eigenvalue weighted by molar-refractivity contribution is 6.30. The number of nitrogens with zero attached hydrogens (tertiary/aromatic N) is 2. The standard InChI is InChI=1S/C19H19ClN4O2/c1-11-9-15(20)7-8-17(11)26-12(2)19(25)22-16-6-4-5-14(10-16)18-21-13(3)23-24-18/h4-10,12H,1-3H3,(H,22,25)(H,21,23,24)/t12-/m1/s1. The highest BCUT2D eigenvalue weighted by Crippen LogP contribution is 2.23. The predicted octanol–water partition coefficient (Wildman–Crippen LogP) is 4.15. The molecule has 0 aliphatic carbocycles. The maximum atomic E-state index is 12.4. The summed E-state index contributed by atoms with van der Waals surface area (Å²) >= 11 is 5.94. The van der Waals surface area contributed by atoms with Crippen molar-refractivity contribution in [3.8, 4) is 17.1 Å². The molecular weight excluding hydrogens is 352 g/mol. The lowest BCUT2D eigenvalue weighted by molar-refractivity contribution is -0.122. The summed E-state index contributed by atoms with van der Waals surface area (Å²) < 4.78 is 5.75. The number of benzene rings is 2. The van der Waals surface area contributed by atoms with E-state index in [1.54, 1.807) is 31.2 Å². The van der Waals surface area contributed by atoms with Crippen LogP contribution in [-0.4, -0.2) is 27.2 Å². The number of rotatable bonds is 5. The van der Waals surface area contributed by atoms with E-state index >= 15 is 0 Å². The van der Waals surface area contributed by atoms with E-state index in [2.05, 4.69) is 20.5 Å². The van der Waals surface area contributed by atoms with Crippen LogP contribution in [0.5, 0.6) is 5.75 Å². The maximum absolute atomic E-state index is 12.4. The monoisotopic (exact) mass is 370 g/mol. The van der Waals surface area contributed by atoms with Gasteiger partial charge < -0.3 is 10.1 Å². The quantitative estimate of drug-likeness (QED) is 0.707. The number of anilines is 1. The minimum Gasteiger partial charge on any atom is -0.481 e. The Labute approximate surface area is 156 Å². The molecule has 0 saturated heterocycles. The molecule has 0 spiro atoms. The van der Waals surface area contributed by atoms with Gasteiger partial charge in [-0.05, 0) is 56.7 Å². The molecule has 2 N–H and O–H groups in total. The van der Waals surface area contributed by atoms with Gasteiger partial charge in [0.05, 0.1) is 0 Å². The first kappa shape index (κ1) is 17.9. The van der Waals surface area contributed by atoms with Gasteiger partial charge in [0.2, 0.25) is 0 Å². The van der Waals surface area contributed by atoms with Gasteiger partial charge in [0.1, 0.15) is 11.6 Å². The van der Waals surface area contributed by atoms with Crippen LogP contribution in [0.1, 0.15) is 18.3 Å². The van der Waals surface area contributed by atoms with E-state index in [4.69, 9.17) is 16.3 Å². The molecule has 2 aromatic carbocycles. The zero-order valence-corrected chi connectivity index (χ0v) is 15.5. The molecule has 1 amide bonds. The zero-order valence-electron chi connectivity index (χ0n) is 14.7. The maximum Gasteiger partial charge on any atom is 0.265 e. The molecular formula is C19H19ClN4O2. The molecule has 3 aromatic rings. The normalized spacial score (nSPS) is 11.8. The molecule has 0 radical (unpaired) electrons. The first-order valence-electron chi connectivity index (χ1n) is 8.15. The number of nitrogens with one attached hydrogen (secondary N) is 2. The number of aromatic amines is 1. The number of aryl methyl sites for hydroxylation is 2. The van der Waals surface area contributed by atoms with Gasteiger partial charge in [-0.2, -0.15) is 5.10 Å². The SMILES string of the molecule is Cc1nc(-c2cccc(NC(=O)[C@@H](C)Oc3ccc(Cl)cc3C)c2)n[nH]1. The van der Waals surface area contributed by atoms with Crippen LogP contribution in [0.15, 0.2) is 42.5 Å². The van der Waals surface area contributed by atoms with Crippen LogP contribution < -0.4 is 10.1 Å². The Morgan fingerprint density at radius 3 is 2.73 bits per heavy atom. The van der Waals surface area contributed by atoms with Crippen LogP contribution in [0.4, 0.5) is 5.69 Å². The number of carbonyl (C=O) groups excluding carboxylic acids is 1. The number of H-pyrrole nitrogens is 1. The summed E-state index contributed by atoms with van der Waals surface area (Å²) in [6.07, 6.45) is -0.663. The molecule has 0 fully saturated rings. The summed E-state index contributed by atoms with van der Waals surface area (Å²) in [6.45, 7) is 5.42. The fraction of sp³-hybridized carbons (Fsp3) is 0.211. The summed E-state index contributed by atoms with van der Waals surface area (Å²) in [7, 11) is 0. The summed E-state index contributed by atoms with van der Waals surface area (Å²) in [6, 6.07) is 12.6. The Bertz CT molecular complexity index is 939. The lowest BCUT2D eigenvalue weighted by Gasteiger charge is -2.16. The van der Waals surface area contributed by atoms with E-state index in [0.29, 0.717) is 22.3 Å². The lowest BCUT2D eigenvalue weighted by atomic mass is 10.2. The number of hydrogen-bond acceptors (Lipinski definition) is 4. The van der Waals surface area contributed by atoms with Gasteiger partial charge in [-0.1, -0.05) is 23.7 Å². The minimum atomic E-state index is -0.663. The number of ether oxygens (including phenoxy) is 1. The highest BCUT2D eigenvalue weighted by Gasteiger charge is 2.16. The first-order chi connectivity index (χ1) is 12.4. The van der Waals surface area contributed by atoms with Crippen molar-refractivity contribution in [2.24, 2.45) is 0 Å². The Morgan fingerprint density at radius 2 is 2.04 bits per heavy atom. The van der Waals surface area contributed by atoms with Crippen molar-refractivity contribution in [1.29, 1.82) is 0 Å². The molecule has 6 nitrogen and oxygen atoms in total. The van der Waals surface area contributed by atoms with Crippen molar-refractivity contribution in [1.82, 2.24) is 15.2 Å². The summed E-state index contributed by atoms with van der Waals surface area (Å²) in [4.78, 5) is 16.7. The molecule has 1 heterocycles. The third-order valence-corrected chi connectivity index (χ3v) is 4.03. The fourth-order valence-electron chi connectivity index (χ4n) is 2.44. The highest BCUT2D eigenvalue weighted by atomic mass is 35.5. The molecule has 26 heavy (non-hydrogen) atoms. The van der Waals surface area contributed by atoms with Crippen LogP contribution in [-0.2, 0) is 4.79 Å². The smallest absolute Gasteiger partial charge is 0.265 e. The van der Waals surface area contributed by atoms with Crippen LogP contribution in [0.25, 0.3) is 11.4 Å². The summed E-state index contributed by atoms with van der Waals surface area (Å²) in [5.74, 6) is 1.69. The Hall–Kier alpha value is -2.86. The molecule has 1 atom stereocenters. The van der Waals surface area contributed by atoms with Crippen molar-refractivity contribution in [2.75, 3.05) is 5.32 Å². The molecule has 0 unspecified atom stereocenters. The number of aromatic nitrogens is 3. The van der Waals surface area contributed by atoms with Gasteiger partial charge in [0, 0.05) is 16.3 Å². The van der Waals surface area contributed by atoms with E-state index < -0.39 is 6.10 Å². The summed E-state index contributed by atoms with van der Waals surface area (Å²) in [5, 5.41) is 10.4. The van der Waals surface area contributed by atoms with E-state index in [1.165, 1.54) is 0 Å². The molecule has 7 heteroatoms. The zero-order chi connectivity index (χ0) is 18.7. The Balaban J connectivity index is 1.69. The molecule has 0 aliphatic rings. The lowest BCUT2D eigenvalue weighted by Crippen LogP contribution is -2.30. The van der Waals surface area contributed by atoms with E-state index in [0.717, 1.165) is 17.0 Å². The number of amides is 1. The van der Waals surface area contributed by atoms with Crippen LogP contribution in [0.2, 0.25) is 5.02 Å². The molecule has 0 saturated carbocycles. The van der Waals surface area contributed by atoms with E-state index in [-0.39, 0.29) is 5.91 Å². The van der Waals surface area contributed by atoms with Crippen molar-refractivity contribution in [3.05, 3.63) is 58.9 Å². The van der Waals surface area contributed by atoms with E-state index in [9.17, 15) is 4.79 Å². The molecule has 1 aromatic heterocycles. The predicted molar refractivity (Wildman–Crippen MR) is 101 cm³/mol. The van der Waals surface area contributed by atoms with Crippen LogP contribution in [0, 0.1) is 13.8 Å². The third kappa shape index (κ3) is 4.21. The van der Waals surface area contributed by atoms with Crippen LogP contribution in [0.3, 0.4) is 0 Å². The van der Waals surface area contributed by atoms with Crippen LogP contribution >= 0.6 is 11.6 Å². The van der Waals surface area contributed by atoms with Crippen molar-refractivity contribution >= 4 is 23.2 Å². The van der Waals surface area contributed by atoms with Crippen molar-refractivity contribution in [2.45, 2.75) is 26.9 Å². The molecule has 3 rings (SSSR count). The van der Waals surface area contributed by atoms with Crippen molar-refractivity contribution in [3.63, 3.8) is 0 Å². The number of hydrogen-bond donors (Lipinski definition) is 2. The van der Waals surface area contributed by atoms with Gasteiger partial charge in [-0.25, -0.2) is 4.98 Å². The van der Waals surface area contributed by atoms with Gasteiger partial charge in [-0.3, -0.25) is 9.89 Å². The molecule has 0 bridgehead atoms. The Kier molecular flexibility index (Phi) is 5.23. The average molecular weight is 371 g/mol. The second-order valence-electron chi connectivity index (χ2n) is 5.98. The van der Waals surface area contributed by atoms with Gasteiger partial charge >= 0.3 is 0 Å². The number of halogens is 1. The second kappa shape index (κ2) is 7.58.